The van der Waals surface area contributed by atoms with Crippen molar-refractivity contribution in [1.82, 2.24) is 4.98 Å². The minimum absolute atomic E-state index is 0.467. The third-order valence-electron chi connectivity index (χ3n) is 2.57. The quantitative estimate of drug-likeness (QED) is 0.669. The van der Waals surface area contributed by atoms with Gasteiger partial charge in [-0.15, -0.1) is 11.3 Å². The highest BCUT2D eigenvalue weighted by Gasteiger charge is 2.12. The third kappa shape index (κ3) is 2.45. The van der Waals surface area contributed by atoms with Gasteiger partial charge in [0.1, 0.15) is 0 Å². The molecule has 0 spiro atoms. The summed E-state index contributed by atoms with van der Waals surface area (Å²) in [6.07, 6.45) is 1.67. The standard InChI is InChI=1S/C14H8ClNO2S/c15-13(17)11-6-7-12(19-11)14-16-8-10(18-14)9-4-2-1-3-5-9/h1-8H. The predicted molar refractivity (Wildman–Crippen MR) is 75.4 cm³/mol. The van der Waals surface area contributed by atoms with Crippen LogP contribution in [0.25, 0.3) is 22.1 Å². The SMILES string of the molecule is O=C(Cl)c1ccc(-c2ncc(-c3ccccc3)o2)s1. The van der Waals surface area contributed by atoms with Gasteiger partial charge in [-0.05, 0) is 23.7 Å². The van der Waals surface area contributed by atoms with E-state index in [-0.39, 0.29) is 0 Å². The van der Waals surface area contributed by atoms with Crippen molar-refractivity contribution in [3.05, 3.63) is 53.5 Å². The van der Waals surface area contributed by atoms with Crippen molar-refractivity contribution in [2.75, 3.05) is 0 Å². The van der Waals surface area contributed by atoms with Crippen LogP contribution in [0.1, 0.15) is 9.67 Å². The summed E-state index contributed by atoms with van der Waals surface area (Å²) < 4.78 is 5.69. The van der Waals surface area contributed by atoms with Gasteiger partial charge in [0.25, 0.3) is 5.24 Å². The van der Waals surface area contributed by atoms with Crippen LogP contribution in [0.2, 0.25) is 0 Å². The molecule has 19 heavy (non-hydrogen) atoms. The molecule has 1 aromatic carbocycles. The Balaban J connectivity index is 1.94. The minimum Gasteiger partial charge on any atom is -0.435 e. The monoisotopic (exact) mass is 289 g/mol. The molecule has 0 N–H and O–H groups in total. The summed E-state index contributed by atoms with van der Waals surface area (Å²) in [7, 11) is 0. The van der Waals surface area contributed by atoms with Crippen molar-refractivity contribution in [2.24, 2.45) is 0 Å². The van der Waals surface area contributed by atoms with Crippen molar-refractivity contribution in [3.8, 4) is 22.1 Å². The second kappa shape index (κ2) is 4.99. The Bertz CT molecular complexity index is 718. The fourth-order valence-electron chi connectivity index (χ4n) is 1.68. The molecule has 3 rings (SSSR count). The van der Waals surface area contributed by atoms with Crippen LogP contribution in [0.5, 0.6) is 0 Å². The van der Waals surface area contributed by atoms with Crippen LogP contribution in [0.15, 0.2) is 53.1 Å². The number of carbonyl (C=O) groups is 1. The summed E-state index contributed by atoms with van der Waals surface area (Å²) in [4.78, 5) is 16.5. The average Bonchev–Trinajstić information content (AvgIpc) is 3.09. The van der Waals surface area contributed by atoms with E-state index >= 15 is 0 Å². The van der Waals surface area contributed by atoms with E-state index in [1.165, 1.54) is 11.3 Å². The fraction of sp³-hybridized carbons (Fsp3) is 0. The van der Waals surface area contributed by atoms with Gasteiger partial charge in [0.2, 0.25) is 5.89 Å². The van der Waals surface area contributed by atoms with Crippen molar-refractivity contribution in [1.29, 1.82) is 0 Å². The number of nitrogens with zero attached hydrogens (tertiary/aromatic N) is 1. The molecule has 0 fully saturated rings. The molecule has 0 radical (unpaired) electrons. The molecular weight excluding hydrogens is 282 g/mol. The highest BCUT2D eigenvalue weighted by molar-refractivity contribution is 7.18. The minimum atomic E-state index is -0.467. The van der Waals surface area contributed by atoms with Gasteiger partial charge >= 0.3 is 0 Å². The summed E-state index contributed by atoms with van der Waals surface area (Å²) in [6, 6.07) is 13.2. The normalized spacial score (nSPS) is 10.6. The fourth-order valence-corrected chi connectivity index (χ4v) is 2.63. The maximum Gasteiger partial charge on any atom is 0.262 e. The Morgan fingerprint density at radius 1 is 1.16 bits per heavy atom. The van der Waals surface area contributed by atoms with Crippen molar-refractivity contribution >= 4 is 28.2 Å². The zero-order valence-electron chi connectivity index (χ0n) is 9.67. The number of hydrogen-bond donors (Lipinski definition) is 0. The van der Waals surface area contributed by atoms with Crippen LogP contribution in [-0.4, -0.2) is 10.2 Å². The van der Waals surface area contributed by atoms with Gasteiger partial charge < -0.3 is 4.42 Å². The molecule has 0 saturated heterocycles. The van der Waals surface area contributed by atoms with Crippen molar-refractivity contribution in [2.45, 2.75) is 0 Å². The van der Waals surface area contributed by atoms with Crippen LogP contribution < -0.4 is 0 Å². The Labute approximate surface area is 118 Å². The zero-order valence-corrected chi connectivity index (χ0v) is 11.2. The first-order chi connectivity index (χ1) is 9.24. The molecule has 0 saturated carbocycles. The molecule has 5 heteroatoms. The highest BCUT2D eigenvalue weighted by Crippen LogP contribution is 2.31. The summed E-state index contributed by atoms with van der Waals surface area (Å²) in [5.74, 6) is 1.19. The summed E-state index contributed by atoms with van der Waals surface area (Å²) >= 11 is 6.69. The lowest BCUT2D eigenvalue weighted by atomic mass is 10.2. The van der Waals surface area contributed by atoms with Gasteiger partial charge in [-0.1, -0.05) is 30.3 Å². The molecule has 94 valence electrons. The van der Waals surface area contributed by atoms with Gasteiger partial charge in [-0.2, -0.15) is 0 Å². The Morgan fingerprint density at radius 2 is 1.95 bits per heavy atom. The number of aromatic nitrogens is 1. The molecule has 2 aromatic heterocycles. The molecule has 0 aliphatic carbocycles. The molecule has 0 aliphatic heterocycles. The smallest absolute Gasteiger partial charge is 0.262 e. The van der Waals surface area contributed by atoms with Crippen LogP contribution in [0.3, 0.4) is 0 Å². The summed E-state index contributed by atoms with van der Waals surface area (Å²) in [6.45, 7) is 0. The Kier molecular flexibility index (Phi) is 3.19. The molecular formula is C14H8ClNO2S. The van der Waals surface area contributed by atoms with Gasteiger partial charge in [-0.3, -0.25) is 4.79 Å². The first-order valence-electron chi connectivity index (χ1n) is 5.55. The number of thiophene rings is 1. The highest BCUT2D eigenvalue weighted by atomic mass is 35.5. The van der Waals surface area contributed by atoms with Crippen molar-refractivity contribution < 1.29 is 9.21 Å². The molecule has 0 amide bonds. The van der Waals surface area contributed by atoms with Gasteiger partial charge in [0.05, 0.1) is 16.0 Å². The molecule has 3 nitrogen and oxygen atoms in total. The first-order valence-corrected chi connectivity index (χ1v) is 6.75. The second-order valence-electron chi connectivity index (χ2n) is 3.83. The van der Waals surface area contributed by atoms with E-state index in [9.17, 15) is 4.79 Å². The number of hydrogen-bond acceptors (Lipinski definition) is 4. The lowest BCUT2D eigenvalue weighted by molar-refractivity contribution is 0.108. The predicted octanol–water partition coefficient (Wildman–Crippen LogP) is 4.45. The van der Waals surface area contributed by atoms with Crippen LogP contribution in [-0.2, 0) is 0 Å². The van der Waals surface area contributed by atoms with E-state index in [0.29, 0.717) is 16.5 Å². The average molecular weight is 290 g/mol. The topological polar surface area (TPSA) is 43.1 Å². The molecule has 0 aliphatic rings. The Morgan fingerprint density at radius 3 is 2.63 bits per heavy atom. The number of benzene rings is 1. The van der Waals surface area contributed by atoms with Gasteiger partial charge in [-0.25, -0.2) is 4.98 Å². The lowest BCUT2D eigenvalue weighted by Crippen LogP contribution is -1.78. The first kappa shape index (κ1) is 12.1. The van der Waals surface area contributed by atoms with E-state index in [4.69, 9.17) is 16.0 Å². The number of halogens is 1. The lowest BCUT2D eigenvalue weighted by Gasteiger charge is -1.93. The number of carbonyl (C=O) groups excluding carboxylic acids is 1. The zero-order chi connectivity index (χ0) is 13.2. The number of rotatable bonds is 3. The molecule has 3 aromatic rings. The summed E-state index contributed by atoms with van der Waals surface area (Å²) in [5, 5.41) is -0.467. The summed E-state index contributed by atoms with van der Waals surface area (Å²) in [5.41, 5.74) is 0.964. The van der Waals surface area contributed by atoms with E-state index in [1.54, 1.807) is 18.3 Å². The van der Waals surface area contributed by atoms with E-state index < -0.39 is 5.24 Å². The largest absolute Gasteiger partial charge is 0.435 e. The molecule has 0 atom stereocenters. The van der Waals surface area contributed by atoms with Gasteiger partial charge in [0.15, 0.2) is 5.76 Å². The Hall–Kier alpha value is -1.91. The van der Waals surface area contributed by atoms with Crippen molar-refractivity contribution in [3.63, 3.8) is 0 Å². The van der Waals surface area contributed by atoms with E-state index in [0.717, 1.165) is 10.4 Å². The van der Waals surface area contributed by atoms with Crippen LogP contribution in [0, 0.1) is 0 Å². The second-order valence-corrected chi connectivity index (χ2v) is 5.26. The van der Waals surface area contributed by atoms with Crippen LogP contribution in [0.4, 0.5) is 0 Å². The molecule has 2 heterocycles. The maximum absolute atomic E-state index is 11.0. The third-order valence-corrected chi connectivity index (χ3v) is 3.96. The molecule has 0 bridgehead atoms. The van der Waals surface area contributed by atoms with Gasteiger partial charge in [0, 0.05) is 5.56 Å². The maximum atomic E-state index is 11.0. The number of oxazole rings is 1. The van der Waals surface area contributed by atoms with Crippen LogP contribution >= 0.6 is 22.9 Å². The van der Waals surface area contributed by atoms with E-state index in [1.807, 2.05) is 30.3 Å². The molecule has 0 unspecified atom stereocenters. The van der Waals surface area contributed by atoms with E-state index in [2.05, 4.69) is 4.98 Å².